The highest BCUT2D eigenvalue weighted by Crippen LogP contribution is 2.02. The van der Waals surface area contributed by atoms with Crippen molar-refractivity contribution in [1.82, 2.24) is 10.2 Å². The van der Waals surface area contributed by atoms with Crippen LogP contribution in [0.3, 0.4) is 0 Å². The molecule has 0 rings (SSSR count). The van der Waals surface area contributed by atoms with Gasteiger partial charge in [0.25, 0.3) is 0 Å². The molecule has 0 saturated carbocycles. The number of hydrogen-bond acceptors (Lipinski definition) is 4. The fraction of sp³-hybridized carbons (Fsp3) is 0.909. The van der Waals surface area contributed by atoms with Gasteiger partial charge < -0.3 is 10.1 Å². The number of carbonyl (C=O) groups is 1. The Morgan fingerprint density at radius 3 is 2.40 bits per heavy atom. The van der Waals surface area contributed by atoms with Crippen molar-refractivity contribution in [3.05, 3.63) is 0 Å². The molecule has 0 aliphatic heterocycles. The second-order valence-corrected chi connectivity index (χ2v) is 3.95. The molecule has 0 aliphatic carbocycles. The van der Waals surface area contributed by atoms with Gasteiger partial charge in [-0.05, 0) is 33.9 Å². The Morgan fingerprint density at radius 1 is 1.47 bits per heavy atom. The standard InChI is InChI=1S/C11H24N2O2/c1-6-7-13(9(2)3)8-10(12-4)11(14)15-5/h9-10,12H,6-8H2,1-5H3. The van der Waals surface area contributed by atoms with Gasteiger partial charge in [0.1, 0.15) is 6.04 Å². The topological polar surface area (TPSA) is 41.6 Å². The summed E-state index contributed by atoms with van der Waals surface area (Å²) in [5, 5.41) is 2.98. The molecule has 0 bridgehead atoms. The molecule has 15 heavy (non-hydrogen) atoms. The van der Waals surface area contributed by atoms with E-state index in [4.69, 9.17) is 4.74 Å². The Bertz CT molecular complexity index is 183. The molecule has 0 radical (unpaired) electrons. The number of nitrogens with zero attached hydrogens (tertiary/aromatic N) is 1. The molecular formula is C11H24N2O2. The van der Waals surface area contributed by atoms with E-state index in [-0.39, 0.29) is 12.0 Å². The van der Waals surface area contributed by atoms with Crippen molar-refractivity contribution in [2.45, 2.75) is 39.3 Å². The first-order chi connectivity index (χ1) is 7.06. The number of rotatable bonds is 7. The van der Waals surface area contributed by atoms with Crippen LogP contribution >= 0.6 is 0 Å². The zero-order chi connectivity index (χ0) is 11.8. The van der Waals surface area contributed by atoms with Crippen molar-refractivity contribution < 1.29 is 9.53 Å². The lowest BCUT2D eigenvalue weighted by Crippen LogP contribution is -2.47. The summed E-state index contributed by atoms with van der Waals surface area (Å²) in [7, 11) is 3.21. The predicted molar refractivity (Wildman–Crippen MR) is 61.9 cm³/mol. The van der Waals surface area contributed by atoms with Crippen LogP contribution in [-0.4, -0.2) is 50.2 Å². The minimum Gasteiger partial charge on any atom is -0.468 e. The highest BCUT2D eigenvalue weighted by atomic mass is 16.5. The maximum Gasteiger partial charge on any atom is 0.324 e. The molecule has 0 heterocycles. The Hall–Kier alpha value is -0.610. The molecule has 1 unspecified atom stereocenters. The lowest BCUT2D eigenvalue weighted by molar-refractivity contribution is -0.143. The van der Waals surface area contributed by atoms with Crippen LogP contribution in [0.2, 0.25) is 0 Å². The average molecular weight is 216 g/mol. The van der Waals surface area contributed by atoms with Crippen molar-refractivity contribution in [2.75, 3.05) is 27.2 Å². The summed E-state index contributed by atoms with van der Waals surface area (Å²) in [4.78, 5) is 13.7. The van der Waals surface area contributed by atoms with E-state index < -0.39 is 0 Å². The van der Waals surface area contributed by atoms with Crippen LogP contribution in [0.25, 0.3) is 0 Å². The van der Waals surface area contributed by atoms with Gasteiger partial charge in [0.15, 0.2) is 0 Å². The summed E-state index contributed by atoms with van der Waals surface area (Å²) >= 11 is 0. The summed E-state index contributed by atoms with van der Waals surface area (Å²) in [6, 6.07) is 0.217. The Balaban J connectivity index is 4.27. The number of methoxy groups -OCH3 is 1. The van der Waals surface area contributed by atoms with Crippen LogP contribution in [0, 0.1) is 0 Å². The number of carbonyl (C=O) groups excluding carboxylic acids is 1. The van der Waals surface area contributed by atoms with E-state index in [9.17, 15) is 4.79 Å². The molecule has 1 atom stereocenters. The van der Waals surface area contributed by atoms with Crippen molar-refractivity contribution in [3.8, 4) is 0 Å². The van der Waals surface area contributed by atoms with Gasteiger partial charge in [-0.2, -0.15) is 0 Å². The van der Waals surface area contributed by atoms with Gasteiger partial charge in [-0.25, -0.2) is 0 Å². The van der Waals surface area contributed by atoms with Crippen LogP contribution in [0.15, 0.2) is 0 Å². The molecule has 0 amide bonds. The van der Waals surface area contributed by atoms with Gasteiger partial charge in [-0.3, -0.25) is 9.69 Å². The summed E-state index contributed by atoms with van der Waals surface area (Å²) in [6.45, 7) is 8.13. The van der Waals surface area contributed by atoms with E-state index in [1.165, 1.54) is 7.11 Å². The lowest BCUT2D eigenvalue weighted by Gasteiger charge is -2.29. The maximum atomic E-state index is 11.4. The van der Waals surface area contributed by atoms with Crippen molar-refractivity contribution in [1.29, 1.82) is 0 Å². The van der Waals surface area contributed by atoms with E-state index in [0.717, 1.165) is 13.0 Å². The number of likely N-dealkylation sites (N-methyl/N-ethyl adjacent to an activating group) is 1. The molecule has 0 aromatic heterocycles. The normalized spacial score (nSPS) is 13.3. The SMILES string of the molecule is CCCN(CC(NC)C(=O)OC)C(C)C. The number of ether oxygens (including phenoxy) is 1. The van der Waals surface area contributed by atoms with Gasteiger partial charge in [-0.15, -0.1) is 0 Å². The van der Waals surface area contributed by atoms with Crippen LogP contribution in [0.5, 0.6) is 0 Å². The zero-order valence-electron chi connectivity index (χ0n) is 10.5. The maximum absolute atomic E-state index is 11.4. The van der Waals surface area contributed by atoms with Crippen molar-refractivity contribution in [3.63, 3.8) is 0 Å². The quantitative estimate of drug-likeness (QED) is 0.641. The minimum absolute atomic E-state index is 0.195. The minimum atomic E-state index is -0.232. The summed E-state index contributed by atoms with van der Waals surface area (Å²) in [5.74, 6) is -0.195. The van der Waals surface area contributed by atoms with E-state index in [0.29, 0.717) is 12.6 Å². The smallest absolute Gasteiger partial charge is 0.324 e. The van der Waals surface area contributed by atoms with Crippen molar-refractivity contribution in [2.24, 2.45) is 0 Å². The first-order valence-electron chi connectivity index (χ1n) is 5.55. The third kappa shape index (κ3) is 5.14. The average Bonchev–Trinajstić information content (AvgIpc) is 2.22. The third-order valence-corrected chi connectivity index (χ3v) is 2.49. The fourth-order valence-corrected chi connectivity index (χ4v) is 1.51. The van der Waals surface area contributed by atoms with E-state index in [2.05, 4.69) is 31.0 Å². The van der Waals surface area contributed by atoms with E-state index in [1.807, 2.05) is 0 Å². The fourth-order valence-electron chi connectivity index (χ4n) is 1.51. The summed E-state index contributed by atoms with van der Waals surface area (Å²) in [6.07, 6.45) is 1.09. The molecule has 90 valence electrons. The van der Waals surface area contributed by atoms with Crippen LogP contribution < -0.4 is 5.32 Å². The van der Waals surface area contributed by atoms with Crippen LogP contribution in [0.4, 0.5) is 0 Å². The first-order valence-corrected chi connectivity index (χ1v) is 5.55. The zero-order valence-corrected chi connectivity index (χ0v) is 10.5. The van der Waals surface area contributed by atoms with E-state index >= 15 is 0 Å². The Morgan fingerprint density at radius 2 is 2.07 bits per heavy atom. The summed E-state index contributed by atoms with van der Waals surface area (Å²) < 4.78 is 4.73. The molecule has 4 heteroatoms. The van der Waals surface area contributed by atoms with Gasteiger partial charge in [0, 0.05) is 12.6 Å². The second kappa shape index (κ2) is 7.65. The van der Waals surface area contributed by atoms with Crippen LogP contribution in [-0.2, 0) is 9.53 Å². The lowest BCUT2D eigenvalue weighted by atomic mass is 10.2. The largest absolute Gasteiger partial charge is 0.468 e. The molecule has 0 saturated heterocycles. The number of esters is 1. The first kappa shape index (κ1) is 14.4. The van der Waals surface area contributed by atoms with Crippen molar-refractivity contribution >= 4 is 5.97 Å². The molecule has 4 nitrogen and oxygen atoms in total. The van der Waals surface area contributed by atoms with Gasteiger partial charge >= 0.3 is 5.97 Å². The van der Waals surface area contributed by atoms with Gasteiger partial charge in [0.05, 0.1) is 7.11 Å². The van der Waals surface area contributed by atoms with Gasteiger partial charge in [0.2, 0.25) is 0 Å². The molecule has 0 spiro atoms. The van der Waals surface area contributed by atoms with Crippen LogP contribution in [0.1, 0.15) is 27.2 Å². The Kier molecular flexibility index (Phi) is 7.34. The third-order valence-electron chi connectivity index (χ3n) is 2.49. The molecule has 0 fully saturated rings. The number of hydrogen-bond donors (Lipinski definition) is 1. The summed E-state index contributed by atoms with van der Waals surface area (Å²) in [5.41, 5.74) is 0. The monoisotopic (exact) mass is 216 g/mol. The predicted octanol–water partition coefficient (Wildman–Crippen LogP) is 0.868. The molecule has 0 aliphatic rings. The highest BCUT2D eigenvalue weighted by molar-refractivity contribution is 5.75. The molecule has 0 aromatic rings. The second-order valence-electron chi connectivity index (χ2n) is 3.95. The molecular weight excluding hydrogens is 192 g/mol. The Labute approximate surface area is 93.0 Å². The van der Waals surface area contributed by atoms with Gasteiger partial charge in [-0.1, -0.05) is 6.92 Å². The highest BCUT2D eigenvalue weighted by Gasteiger charge is 2.21. The van der Waals surface area contributed by atoms with E-state index in [1.54, 1.807) is 7.05 Å². The molecule has 0 aromatic carbocycles. The number of nitrogens with one attached hydrogen (secondary N) is 1. The molecule has 1 N–H and O–H groups in total.